The van der Waals surface area contributed by atoms with E-state index >= 15 is 0 Å². The smallest absolute Gasteiger partial charge is 0.188 e. The average Bonchev–Trinajstić information content (AvgIpc) is 2.91. The Hall–Kier alpha value is -1.23. The number of nitrogens with two attached hydrogens (primary N) is 1. The van der Waals surface area contributed by atoms with Gasteiger partial charge >= 0.3 is 0 Å². The lowest BCUT2D eigenvalue weighted by Gasteiger charge is -2.08. The number of hydrogen-bond acceptors (Lipinski definition) is 4. The summed E-state index contributed by atoms with van der Waals surface area (Å²) in [4.78, 5) is 4.07. The first-order valence-corrected chi connectivity index (χ1v) is 7.45. The first-order valence-electron chi connectivity index (χ1n) is 6.30. The predicted octanol–water partition coefficient (Wildman–Crippen LogP) is 2.60. The fraction of sp³-hybridized carbons (Fsp3) is 0.538. The molecular formula is C13H19N3OS. The molecule has 0 bridgehead atoms. The molecule has 1 aliphatic rings. The zero-order chi connectivity index (χ0) is 12.8. The molecule has 0 radical (unpaired) electrons. The molecule has 0 aliphatic heterocycles. The van der Waals surface area contributed by atoms with Crippen molar-refractivity contribution in [2.45, 2.75) is 31.4 Å². The van der Waals surface area contributed by atoms with Gasteiger partial charge in [-0.05, 0) is 42.2 Å². The zero-order valence-corrected chi connectivity index (χ0v) is 11.2. The Kier molecular flexibility index (Phi) is 4.87. The van der Waals surface area contributed by atoms with Crippen LogP contribution in [0.3, 0.4) is 0 Å². The van der Waals surface area contributed by atoms with Crippen LogP contribution in [0.5, 0.6) is 0 Å². The fourth-order valence-corrected chi connectivity index (χ4v) is 3.48. The van der Waals surface area contributed by atoms with Crippen LogP contribution in [0.2, 0.25) is 0 Å². The van der Waals surface area contributed by atoms with Crippen molar-refractivity contribution in [2.24, 2.45) is 16.8 Å². The first-order chi connectivity index (χ1) is 8.79. The van der Waals surface area contributed by atoms with Crippen molar-refractivity contribution in [1.29, 1.82) is 0 Å². The van der Waals surface area contributed by atoms with Crippen LogP contribution < -0.4 is 5.73 Å². The largest absolute Gasteiger partial charge is 0.409 e. The van der Waals surface area contributed by atoms with E-state index < -0.39 is 0 Å². The molecule has 0 amide bonds. The molecule has 2 rings (SSSR count). The molecule has 3 N–H and O–H groups in total. The van der Waals surface area contributed by atoms with Crippen molar-refractivity contribution < 1.29 is 5.21 Å². The second-order valence-corrected chi connectivity index (χ2v) is 5.73. The standard InChI is InChI=1S/C13H19N3OS/c14-13(16-17)12-7-11(5-6-15-12)9-18-8-10-3-1-2-4-10/h5-7,10,17H,1-4,8-9H2,(H2,14,16). The fourth-order valence-electron chi connectivity index (χ4n) is 2.28. The minimum absolute atomic E-state index is 0.0673. The van der Waals surface area contributed by atoms with Crippen LogP contribution in [0.25, 0.3) is 0 Å². The van der Waals surface area contributed by atoms with Crippen molar-refractivity contribution in [1.82, 2.24) is 4.98 Å². The van der Waals surface area contributed by atoms with Gasteiger partial charge in [-0.25, -0.2) is 0 Å². The summed E-state index contributed by atoms with van der Waals surface area (Å²) in [5.41, 5.74) is 7.24. The molecule has 4 nitrogen and oxygen atoms in total. The average molecular weight is 265 g/mol. The van der Waals surface area contributed by atoms with Crippen LogP contribution >= 0.6 is 11.8 Å². The molecule has 1 saturated carbocycles. The highest BCUT2D eigenvalue weighted by molar-refractivity contribution is 7.98. The van der Waals surface area contributed by atoms with Gasteiger partial charge in [0.1, 0.15) is 5.69 Å². The summed E-state index contributed by atoms with van der Waals surface area (Å²) in [7, 11) is 0. The normalized spacial score (nSPS) is 17.2. The summed E-state index contributed by atoms with van der Waals surface area (Å²) >= 11 is 1.96. The van der Waals surface area contributed by atoms with Gasteiger partial charge in [0, 0.05) is 11.9 Å². The van der Waals surface area contributed by atoms with Gasteiger partial charge < -0.3 is 10.9 Å². The van der Waals surface area contributed by atoms with E-state index in [1.54, 1.807) is 6.20 Å². The SMILES string of the molecule is NC(=NO)c1cc(CSCC2CCCC2)ccn1. The van der Waals surface area contributed by atoms with Gasteiger partial charge in [-0.2, -0.15) is 11.8 Å². The van der Waals surface area contributed by atoms with Crippen LogP contribution in [0.15, 0.2) is 23.5 Å². The first kappa shape index (κ1) is 13.2. The summed E-state index contributed by atoms with van der Waals surface area (Å²) in [5.74, 6) is 3.17. The Bertz CT molecular complexity index is 416. The van der Waals surface area contributed by atoms with Crippen molar-refractivity contribution in [3.05, 3.63) is 29.6 Å². The molecule has 5 heteroatoms. The van der Waals surface area contributed by atoms with E-state index in [2.05, 4.69) is 10.1 Å². The molecular weight excluding hydrogens is 246 g/mol. The molecule has 0 atom stereocenters. The maximum Gasteiger partial charge on any atom is 0.188 e. The molecule has 1 aromatic rings. The van der Waals surface area contributed by atoms with Crippen LogP contribution in [-0.2, 0) is 5.75 Å². The number of thioether (sulfide) groups is 1. The topological polar surface area (TPSA) is 71.5 Å². The van der Waals surface area contributed by atoms with Gasteiger partial charge in [-0.3, -0.25) is 4.98 Å². The quantitative estimate of drug-likeness (QED) is 0.371. The van der Waals surface area contributed by atoms with Crippen LogP contribution in [0.1, 0.15) is 36.9 Å². The van der Waals surface area contributed by atoms with E-state index in [1.807, 2.05) is 23.9 Å². The van der Waals surface area contributed by atoms with Crippen molar-refractivity contribution >= 4 is 17.6 Å². The predicted molar refractivity (Wildman–Crippen MR) is 74.9 cm³/mol. The number of aromatic nitrogens is 1. The molecule has 98 valence electrons. The van der Waals surface area contributed by atoms with Crippen LogP contribution in [0.4, 0.5) is 0 Å². The highest BCUT2D eigenvalue weighted by atomic mass is 32.2. The van der Waals surface area contributed by atoms with Crippen molar-refractivity contribution in [3.63, 3.8) is 0 Å². The van der Waals surface area contributed by atoms with Gasteiger partial charge in [0.2, 0.25) is 0 Å². The number of amidine groups is 1. The second kappa shape index (κ2) is 6.64. The minimum atomic E-state index is 0.0673. The van der Waals surface area contributed by atoms with Gasteiger partial charge in [0.15, 0.2) is 5.84 Å². The molecule has 0 saturated heterocycles. The summed E-state index contributed by atoms with van der Waals surface area (Å²) in [6.45, 7) is 0. The third kappa shape index (κ3) is 3.63. The Morgan fingerprint density at radius 1 is 1.50 bits per heavy atom. The number of pyridine rings is 1. The minimum Gasteiger partial charge on any atom is -0.409 e. The molecule has 1 fully saturated rings. The van der Waals surface area contributed by atoms with Crippen LogP contribution in [0, 0.1) is 5.92 Å². The molecule has 1 aliphatic carbocycles. The van der Waals surface area contributed by atoms with Crippen molar-refractivity contribution in [2.75, 3.05) is 5.75 Å². The summed E-state index contributed by atoms with van der Waals surface area (Å²) in [6.07, 6.45) is 7.28. The van der Waals surface area contributed by atoms with E-state index in [1.165, 1.54) is 37.0 Å². The maximum atomic E-state index is 8.62. The lowest BCUT2D eigenvalue weighted by molar-refractivity contribution is 0.318. The Balaban J connectivity index is 1.85. The zero-order valence-electron chi connectivity index (χ0n) is 10.4. The number of rotatable bonds is 5. The van der Waals surface area contributed by atoms with Gasteiger partial charge in [-0.1, -0.05) is 18.0 Å². The third-order valence-corrected chi connectivity index (χ3v) is 4.54. The molecule has 0 unspecified atom stereocenters. The van der Waals surface area contributed by atoms with E-state index in [0.29, 0.717) is 5.69 Å². The summed E-state index contributed by atoms with van der Waals surface area (Å²) in [5, 5.41) is 11.6. The third-order valence-electron chi connectivity index (χ3n) is 3.29. The molecule has 0 aromatic carbocycles. The maximum absolute atomic E-state index is 8.62. The monoisotopic (exact) mass is 265 g/mol. The molecule has 18 heavy (non-hydrogen) atoms. The Labute approximate surface area is 112 Å². The lowest BCUT2D eigenvalue weighted by Crippen LogP contribution is -2.15. The highest BCUT2D eigenvalue weighted by Crippen LogP contribution is 2.28. The van der Waals surface area contributed by atoms with Gasteiger partial charge in [0.25, 0.3) is 0 Å². The van der Waals surface area contributed by atoms with Crippen LogP contribution in [-0.4, -0.2) is 21.8 Å². The molecule has 1 aromatic heterocycles. The second-order valence-electron chi connectivity index (χ2n) is 4.70. The van der Waals surface area contributed by atoms with E-state index in [4.69, 9.17) is 10.9 Å². The Morgan fingerprint density at radius 3 is 3.00 bits per heavy atom. The molecule has 1 heterocycles. The summed E-state index contributed by atoms with van der Waals surface area (Å²) < 4.78 is 0. The summed E-state index contributed by atoms with van der Waals surface area (Å²) in [6, 6.07) is 3.87. The molecule has 0 spiro atoms. The lowest BCUT2D eigenvalue weighted by atomic mass is 10.1. The van der Waals surface area contributed by atoms with E-state index in [0.717, 1.165) is 11.7 Å². The number of hydrogen-bond donors (Lipinski definition) is 2. The van der Waals surface area contributed by atoms with E-state index in [9.17, 15) is 0 Å². The van der Waals surface area contributed by atoms with Crippen molar-refractivity contribution in [3.8, 4) is 0 Å². The van der Waals surface area contributed by atoms with Gasteiger partial charge in [0.05, 0.1) is 0 Å². The van der Waals surface area contributed by atoms with E-state index in [-0.39, 0.29) is 5.84 Å². The number of oxime groups is 1. The Morgan fingerprint density at radius 2 is 2.28 bits per heavy atom. The number of nitrogens with zero attached hydrogens (tertiary/aromatic N) is 2. The highest BCUT2D eigenvalue weighted by Gasteiger charge is 2.14. The van der Waals surface area contributed by atoms with Gasteiger partial charge in [-0.15, -0.1) is 0 Å².